The summed E-state index contributed by atoms with van der Waals surface area (Å²) in [5.41, 5.74) is 1.99. The molecule has 160 valence electrons. The van der Waals surface area contributed by atoms with E-state index in [0.29, 0.717) is 10.6 Å². The van der Waals surface area contributed by atoms with Crippen LogP contribution in [0.3, 0.4) is 0 Å². The van der Waals surface area contributed by atoms with Crippen molar-refractivity contribution in [3.8, 4) is 0 Å². The molecular formula is C24H24ClN3O3. The van der Waals surface area contributed by atoms with Gasteiger partial charge < -0.3 is 10.2 Å². The van der Waals surface area contributed by atoms with Gasteiger partial charge in [-0.3, -0.25) is 14.5 Å². The molecule has 0 spiro atoms. The molecule has 3 amide bonds. The number of hydrogen-bond acceptors (Lipinski definition) is 4. The lowest BCUT2D eigenvalue weighted by molar-refractivity contribution is -0.133. The molecule has 0 unspecified atom stereocenters. The summed E-state index contributed by atoms with van der Waals surface area (Å²) in [5.74, 6) is -0.777. The number of benzene rings is 2. The third kappa shape index (κ3) is 3.31. The zero-order valence-electron chi connectivity index (χ0n) is 17.9. The normalized spacial score (nSPS) is 23.3. The summed E-state index contributed by atoms with van der Waals surface area (Å²) in [6.07, 6.45) is 1.54. The largest absolute Gasteiger partial charge is 0.347 e. The second-order valence-corrected chi connectivity index (χ2v) is 9.09. The summed E-state index contributed by atoms with van der Waals surface area (Å²) >= 11 is 5.94. The molecule has 0 saturated carbocycles. The van der Waals surface area contributed by atoms with Crippen LogP contribution in [0.15, 0.2) is 60.3 Å². The van der Waals surface area contributed by atoms with E-state index in [1.165, 1.54) is 0 Å². The van der Waals surface area contributed by atoms with Crippen molar-refractivity contribution >= 4 is 35.0 Å². The number of urea groups is 1. The van der Waals surface area contributed by atoms with Crippen LogP contribution >= 0.6 is 11.6 Å². The van der Waals surface area contributed by atoms with Gasteiger partial charge in [-0.05, 0) is 36.2 Å². The maximum atomic E-state index is 13.1. The molecule has 2 heterocycles. The van der Waals surface area contributed by atoms with E-state index in [4.69, 9.17) is 11.6 Å². The number of nitrogens with one attached hydrogen (secondary N) is 1. The number of para-hydroxylation sites is 1. The first-order chi connectivity index (χ1) is 14.6. The number of halogens is 1. The summed E-state index contributed by atoms with van der Waals surface area (Å²) in [6, 6.07) is 14.1. The van der Waals surface area contributed by atoms with E-state index in [0.717, 1.165) is 21.8 Å². The number of anilines is 1. The molecule has 0 aromatic heterocycles. The number of fused-ring (bicyclic) bond motifs is 1. The quantitative estimate of drug-likeness (QED) is 0.580. The highest BCUT2D eigenvalue weighted by atomic mass is 35.5. The standard InChI is InChI=1S/C24H24ClN3O3/c1-23(2)18-7-5-6-8-19(18)27(4)20(23)13-17(29)14-28-21(30)24(3,26-22(28)31)15-9-11-16(25)12-10-15/h5-13H,14H2,1-4H3,(H,26,31)/b20-13+/t24-/m0/s1. The molecule has 2 aliphatic heterocycles. The van der Waals surface area contributed by atoms with Crippen molar-refractivity contribution in [2.75, 3.05) is 18.5 Å². The fraction of sp³-hybridized carbons (Fsp3) is 0.292. The lowest BCUT2D eigenvalue weighted by Gasteiger charge is -2.24. The molecule has 4 rings (SSSR count). The molecule has 0 aliphatic carbocycles. The predicted octanol–water partition coefficient (Wildman–Crippen LogP) is 3.99. The Bertz CT molecular complexity index is 1120. The van der Waals surface area contributed by atoms with Crippen molar-refractivity contribution in [1.29, 1.82) is 0 Å². The van der Waals surface area contributed by atoms with Gasteiger partial charge in [0.15, 0.2) is 5.78 Å². The highest BCUT2D eigenvalue weighted by Gasteiger charge is 2.49. The van der Waals surface area contributed by atoms with Gasteiger partial charge in [0.25, 0.3) is 5.91 Å². The number of imide groups is 1. The number of ketones is 1. The minimum atomic E-state index is -1.24. The van der Waals surface area contributed by atoms with Crippen molar-refractivity contribution < 1.29 is 14.4 Å². The van der Waals surface area contributed by atoms with E-state index in [1.807, 2.05) is 36.2 Å². The molecule has 2 aromatic carbocycles. The third-order valence-corrected chi connectivity index (χ3v) is 6.50. The van der Waals surface area contributed by atoms with Gasteiger partial charge in [-0.2, -0.15) is 0 Å². The summed E-state index contributed by atoms with van der Waals surface area (Å²) in [4.78, 5) is 41.5. The number of rotatable bonds is 4. The summed E-state index contributed by atoms with van der Waals surface area (Å²) in [6.45, 7) is 5.42. The first-order valence-corrected chi connectivity index (χ1v) is 10.4. The van der Waals surface area contributed by atoms with Gasteiger partial charge in [0.1, 0.15) is 5.54 Å². The minimum Gasteiger partial charge on any atom is -0.347 e. The molecule has 7 heteroatoms. The average Bonchev–Trinajstić information content (AvgIpc) is 3.06. The van der Waals surface area contributed by atoms with Gasteiger partial charge in [-0.15, -0.1) is 0 Å². The van der Waals surface area contributed by atoms with Gasteiger partial charge >= 0.3 is 6.03 Å². The zero-order valence-corrected chi connectivity index (χ0v) is 18.7. The Morgan fingerprint density at radius 1 is 1.06 bits per heavy atom. The van der Waals surface area contributed by atoms with Gasteiger partial charge in [0.2, 0.25) is 0 Å². The van der Waals surface area contributed by atoms with E-state index in [1.54, 1.807) is 37.3 Å². The van der Waals surface area contributed by atoms with Crippen LogP contribution in [-0.2, 0) is 20.5 Å². The zero-order chi connectivity index (χ0) is 22.6. The Morgan fingerprint density at radius 3 is 2.35 bits per heavy atom. The molecular weight excluding hydrogens is 414 g/mol. The van der Waals surface area contributed by atoms with Crippen LogP contribution in [0, 0.1) is 0 Å². The Kier molecular flexibility index (Phi) is 4.93. The number of amides is 3. The molecule has 1 fully saturated rings. The molecule has 1 N–H and O–H groups in total. The van der Waals surface area contributed by atoms with E-state index in [2.05, 4.69) is 19.2 Å². The highest BCUT2D eigenvalue weighted by Crippen LogP contribution is 2.46. The molecule has 6 nitrogen and oxygen atoms in total. The summed E-state index contributed by atoms with van der Waals surface area (Å²) in [7, 11) is 1.91. The maximum absolute atomic E-state index is 13.1. The van der Waals surface area contributed by atoms with Crippen LogP contribution < -0.4 is 10.2 Å². The van der Waals surface area contributed by atoms with Crippen molar-refractivity contribution in [2.24, 2.45) is 0 Å². The van der Waals surface area contributed by atoms with Crippen molar-refractivity contribution in [3.05, 3.63) is 76.5 Å². The second-order valence-electron chi connectivity index (χ2n) is 8.65. The van der Waals surface area contributed by atoms with Gasteiger partial charge in [-0.1, -0.05) is 55.8 Å². The van der Waals surface area contributed by atoms with Crippen molar-refractivity contribution in [1.82, 2.24) is 10.2 Å². The van der Waals surface area contributed by atoms with Gasteiger partial charge in [0, 0.05) is 34.9 Å². The van der Waals surface area contributed by atoms with Gasteiger partial charge in [0.05, 0.1) is 6.54 Å². The number of hydrogen-bond donors (Lipinski definition) is 1. The summed E-state index contributed by atoms with van der Waals surface area (Å²) < 4.78 is 0. The van der Waals surface area contributed by atoms with Crippen molar-refractivity contribution in [3.63, 3.8) is 0 Å². The highest BCUT2D eigenvalue weighted by molar-refractivity contribution is 6.30. The fourth-order valence-electron chi connectivity index (χ4n) is 4.43. The smallest absolute Gasteiger partial charge is 0.325 e. The molecule has 1 saturated heterocycles. The fourth-order valence-corrected chi connectivity index (χ4v) is 4.56. The minimum absolute atomic E-state index is 0.313. The number of allylic oxidation sites excluding steroid dienone is 1. The number of carbonyl (C=O) groups is 3. The molecule has 2 aromatic rings. The number of nitrogens with zero attached hydrogens (tertiary/aromatic N) is 2. The topological polar surface area (TPSA) is 69.7 Å². The molecule has 0 bridgehead atoms. The SMILES string of the molecule is CN1/C(=C/C(=O)CN2C(=O)N[C@@](C)(c3ccc(Cl)cc3)C2=O)C(C)(C)c2ccccc21. The molecule has 0 radical (unpaired) electrons. The average molecular weight is 438 g/mol. The van der Waals surface area contributed by atoms with Crippen molar-refractivity contribution in [2.45, 2.75) is 31.7 Å². The molecule has 1 atom stereocenters. The number of likely N-dealkylation sites (N-methyl/N-ethyl adjacent to an activating group) is 1. The van der Waals surface area contributed by atoms with Crippen LogP contribution in [-0.4, -0.2) is 36.2 Å². The Morgan fingerprint density at radius 2 is 1.71 bits per heavy atom. The molecule has 2 aliphatic rings. The predicted molar refractivity (Wildman–Crippen MR) is 120 cm³/mol. The number of carbonyl (C=O) groups excluding carboxylic acids is 3. The van der Waals surface area contributed by atoms with Crippen LogP contribution in [0.4, 0.5) is 10.5 Å². The molecule has 31 heavy (non-hydrogen) atoms. The van der Waals surface area contributed by atoms with Crippen LogP contribution in [0.1, 0.15) is 31.9 Å². The first-order valence-electron chi connectivity index (χ1n) is 10.0. The first kappa shape index (κ1) is 21.1. The summed E-state index contributed by atoms with van der Waals surface area (Å²) in [5, 5.41) is 3.25. The Hall–Kier alpha value is -3.12. The lowest BCUT2D eigenvalue weighted by atomic mass is 9.83. The van der Waals surface area contributed by atoms with Crippen LogP contribution in [0.5, 0.6) is 0 Å². The van der Waals surface area contributed by atoms with Gasteiger partial charge in [-0.25, -0.2) is 4.79 Å². The Labute approximate surface area is 186 Å². The Balaban J connectivity index is 1.57. The lowest BCUT2D eigenvalue weighted by Crippen LogP contribution is -2.41. The third-order valence-electron chi connectivity index (χ3n) is 6.25. The van der Waals surface area contributed by atoms with E-state index in [9.17, 15) is 14.4 Å². The van der Waals surface area contributed by atoms with E-state index < -0.39 is 17.5 Å². The van der Waals surface area contributed by atoms with Crippen LogP contribution in [0.25, 0.3) is 0 Å². The van der Waals surface area contributed by atoms with Crippen LogP contribution in [0.2, 0.25) is 5.02 Å². The van der Waals surface area contributed by atoms with E-state index >= 15 is 0 Å². The van der Waals surface area contributed by atoms with E-state index in [-0.39, 0.29) is 17.7 Å². The maximum Gasteiger partial charge on any atom is 0.325 e. The monoisotopic (exact) mass is 437 g/mol. The second kappa shape index (κ2) is 7.24.